The molecule has 88 valence electrons. The van der Waals surface area contributed by atoms with E-state index in [1.54, 1.807) is 6.07 Å². The molecule has 0 N–H and O–H groups in total. The van der Waals surface area contributed by atoms with Crippen molar-refractivity contribution in [1.82, 2.24) is 0 Å². The Balaban J connectivity index is 3.61. The Bertz CT molecular complexity index is 522. The Morgan fingerprint density at radius 2 is 2.29 bits per heavy atom. The molecule has 0 aliphatic rings. The minimum Gasteiger partial charge on any atom is -0.465 e. The monoisotopic (exact) mass is 254 g/mol. The van der Waals surface area contributed by atoms with Crippen LogP contribution in [0.15, 0.2) is 12.1 Å². The maximum Gasteiger partial charge on any atom is 0.339 e. The van der Waals surface area contributed by atoms with E-state index in [1.807, 2.05) is 0 Å². The summed E-state index contributed by atoms with van der Waals surface area (Å²) in [4.78, 5) is 21.6. The van der Waals surface area contributed by atoms with Crippen LogP contribution in [0.5, 0.6) is 0 Å². The molecular weight excluding hydrogens is 248 g/mol. The van der Waals surface area contributed by atoms with Gasteiger partial charge < -0.3 is 4.74 Å². The number of halogens is 1. The quantitative estimate of drug-likeness (QED) is 0.356. The van der Waals surface area contributed by atoms with Crippen LogP contribution in [-0.2, 0) is 10.6 Å². The highest BCUT2D eigenvalue weighted by molar-refractivity contribution is 6.18. The molecule has 7 heteroatoms. The smallest absolute Gasteiger partial charge is 0.339 e. The Labute approximate surface area is 102 Å². The highest BCUT2D eigenvalue weighted by Gasteiger charge is 2.25. The second kappa shape index (κ2) is 5.27. The van der Waals surface area contributed by atoms with Gasteiger partial charge in [0.15, 0.2) is 0 Å². The number of carbonyl (C=O) groups is 1. The first-order valence-corrected chi connectivity index (χ1v) is 4.94. The average molecular weight is 255 g/mol. The fourth-order valence-electron chi connectivity index (χ4n) is 1.37. The van der Waals surface area contributed by atoms with Crippen LogP contribution < -0.4 is 0 Å². The average Bonchev–Trinajstić information content (AvgIpc) is 2.35. The van der Waals surface area contributed by atoms with Gasteiger partial charge >= 0.3 is 5.97 Å². The predicted octanol–water partition coefficient (Wildman–Crippen LogP) is 1.99. The van der Waals surface area contributed by atoms with Crippen LogP contribution in [0.1, 0.15) is 21.5 Å². The summed E-state index contributed by atoms with van der Waals surface area (Å²) in [6.07, 6.45) is 0. The van der Waals surface area contributed by atoms with Crippen LogP contribution in [0.3, 0.4) is 0 Å². The van der Waals surface area contributed by atoms with Crippen LogP contribution in [-0.4, -0.2) is 18.0 Å². The summed E-state index contributed by atoms with van der Waals surface area (Å²) in [6, 6.07) is 4.11. The standard InChI is InChI=1S/C10H7ClN2O4/c1-17-10(14)9-6(5-12)2-3-8(13(15)16)7(9)4-11/h2-3H,4H2,1H3. The van der Waals surface area contributed by atoms with Crippen molar-refractivity contribution in [3.63, 3.8) is 0 Å². The third kappa shape index (κ3) is 2.34. The molecule has 0 atom stereocenters. The summed E-state index contributed by atoms with van der Waals surface area (Å²) >= 11 is 5.59. The Kier molecular flexibility index (Phi) is 4.01. The summed E-state index contributed by atoms with van der Waals surface area (Å²) in [5, 5.41) is 19.6. The van der Waals surface area contributed by atoms with Crippen molar-refractivity contribution < 1.29 is 14.5 Å². The molecule has 0 radical (unpaired) electrons. The van der Waals surface area contributed by atoms with Crippen LogP contribution >= 0.6 is 11.6 Å². The summed E-state index contributed by atoms with van der Waals surface area (Å²) < 4.78 is 4.48. The number of ether oxygens (including phenoxy) is 1. The lowest BCUT2D eigenvalue weighted by atomic mass is 10.0. The normalized spacial score (nSPS) is 9.47. The van der Waals surface area contributed by atoms with Gasteiger partial charge in [-0.1, -0.05) is 0 Å². The molecule has 0 heterocycles. The van der Waals surface area contributed by atoms with E-state index in [-0.39, 0.29) is 28.3 Å². The summed E-state index contributed by atoms with van der Waals surface area (Å²) in [5.74, 6) is -1.07. The van der Waals surface area contributed by atoms with Gasteiger partial charge in [0.2, 0.25) is 0 Å². The lowest BCUT2D eigenvalue weighted by Crippen LogP contribution is -2.10. The summed E-state index contributed by atoms with van der Waals surface area (Å²) in [5.41, 5.74) is -0.473. The number of hydrogen-bond acceptors (Lipinski definition) is 5. The van der Waals surface area contributed by atoms with E-state index >= 15 is 0 Å². The zero-order valence-electron chi connectivity index (χ0n) is 8.77. The molecule has 17 heavy (non-hydrogen) atoms. The lowest BCUT2D eigenvalue weighted by molar-refractivity contribution is -0.385. The number of alkyl halides is 1. The van der Waals surface area contributed by atoms with Crippen molar-refractivity contribution in [2.75, 3.05) is 7.11 Å². The molecule has 0 saturated carbocycles. The van der Waals surface area contributed by atoms with Crippen molar-refractivity contribution in [2.24, 2.45) is 0 Å². The highest BCUT2D eigenvalue weighted by Crippen LogP contribution is 2.27. The van der Waals surface area contributed by atoms with Crippen LogP contribution in [0.4, 0.5) is 5.69 Å². The van der Waals surface area contributed by atoms with Gasteiger partial charge in [-0.05, 0) is 6.07 Å². The molecular formula is C10H7ClN2O4. The van der Waals surface area contributed by atoms with E-state index in [2.05, 4.69) is 4.74 Å². The first-order chi connectivity index (χ1) is 8.06. The van der Waals surface area contributed by atoms with Gasteiger partial charge in [-0.2, -0.15) is 5.26 Å². The van der Waals surface area contributed by atoms with E-state index in [0.717, 1.165) is 13.2 Å². The summed E-state index contributed by atoms with van der Waals surface area (Å²) in [7, 11) is 1.13. The minimum absolute atomic E-state index is 0.00176. The Morgan fingerprint density at radius 3 is 2.71 bits per heavy atom. The number of nitro groups is 1. The number of benzene rings is 1. The molecule has 1 aromatic rings. The number of rotatable bonds is 3. The molecule has 0 bridgehead atoms. The zero-order chi connectivity index (χ0) is 13.0. The number of methoxy groups -OCH3 is 1. The number of nitrogens with zero attached hydrogens (tertiary/aromatic N) is 2. The molecule has 0 aromatic heterocycles. The lowest BCUT2D eigenvalue weighted by Gasteiger charge is -2.07. The first-order valence-electron chi connectivity index (χ1n) is 4.41. The predicted molar refractivity (Wildman–Crippen MR) is 58.7 cm³/mol. The molecule has 0 aliphatic heterocycles. The van der Waals surface area contributed by atoms with Gasteiger partial charge in [-0.15, -0.1) is 11.6 Å². The molecule has 0 unspecified atom stereocenters. The summed E-state index contributed by atoms with van der Waals surface area (Å²) in [6.45, 7) is 0. The largest absolute Gasteiger partial charge is 0.465 e. The van der Waals surface area contributed by atoms with Crippen molar-refractivity contribution in [3.8, 4) is 6.07 Å². The number of nitriles is 1. The van der Waals surface area contributed by atoms with Crippen LogP contribution in [0, 0.1) is 21.4 Å². The molecule has 0 amide bonds. The molecule has 1 aromatic carbocycles. The third-order valence-corrected chi connectivity index (χ3v) is 2.40. The van der Waals surface area contributed by atoms with Crippen molar-refractivity contribution in [3.05, 3.63) is 38.9 Å². The number of esters is 1. The van der Waals surface area contributed by atoms with Gasteiger partial charge in [-0.3, -0.25) is 10.1 Å². The SMILES string of the molecule is COC(=O)c1c(C#N)ccc([N+](=O)[O-])c1CCl. The number of nitro benzene ring substituents is 1. The number of hydrogen-bond donors (Lipinski definition) is 0. The van der Waals surface area contributed by atoms with Gasteiger partial charge in [-0.25, -0.2) is 4.79 Å². The van der Waals surface area contributed by atoms with Crippen LogP contribution in [0.25, 0.3) is 0 Å². The van der Waals surface area contributed by atoms with Crippen molar-refractivity contribution >= 4 is 23.3 Å². The van der Waals surface area contributed by atoms with Gasteiger partial charge in [0.05, 0.1) is 34.6 Å². The maximum absolute atomic E-state index is 11.5. The highest BCUT2D eigenvalue weighted by atomic mass is 35.5. The van der Waals surface area contributed by atoms with Crippen LogP contribution in [0.2, 0.25) is 0 Å². The fraction of sp³-hybridized carbons (Fsp3) is 0.200. The molecule has 0 fully saturated rings. The van der Waals surface area contributed by atoms with Gasteiger partial charge in [0.25, 0.3) is 5.69 Å². The molecule has 6 nitrogen and oxygen atoms in total. The molecule has 1 rings (SSSR count). The molecule has 0 spiro atoms. The molecule has 0 aliphatic carbocycles. The minimum atomic E-state index is -0.819. The van der Waals surface area contributed by atoms with E-state index in [1.165, 1.54) is 6.07 Å². The third-order valence-electron chi connectivity index (χ3n) is 2.13. The van der Waals surface area contributed by atoms with E-state index in [4.69, 9.17) is 16.9 Å². The maximum atomic E-state index is 11.5. The Morgan fingerprint density at radius 1 is 1.65 bits per heavy atom. The van der Waals surface area contributed by atoms with Gasteiger partial charge in [0.1, 0.15) is 6.07 Å². The molecule has 0 saturated heterocycles. The Hall–Kier alpha value is -2.13. The van der Waals surface area contributed by atoms with Crippen molar-refractivity contribution in [2.45, 2.75) is 5.88 Å². The zero-order valence-corrected chi connectivity index (χ0v) is 9.52. The second-order valence-corrected chi connectivity index (χ2v) is 3.25. The van der Waals surface area contributed by atoms with E-state index < -0.39 is 10.9 Å². The van der Waals surface area contributed by atoms with E-state index in [9.17, 15) is 14.9 Å². The fourth-order valence-corrected chi connectivity index (χ4v) is 1.64. The number of carbonyl (C=O) groups excluding carboxylic acids is 1. The second-order valence-electron chi connectivity index (χ2n) is 2.98. The first kappa shape index (κ1) is 12.9. The van der Waals surface area contributed by atoms with E-state index in [0.29, 0.717) is 0 Å². The van der Waals surface area contributed by atoms with Gasteiger partial charge in [0, 0.05) is 6.07 Å². The van der Waals surface area contributed by atoms with Crippen molar-refractivity contribution in [1.29, 1.82) is 5.26 Å². The topological polar surface area (TPSA) is 93.2 Å².